The Kier molecular flexibility index (Phi) is 2.76. The minimum absolute atomic E-state index is 0.469. The molecule has 1 aliphatic carbocycles. The first-order chi connectivity index (χ1) is 5.56. The quantitative estimate of drug-likeness (QED) is 0.580. The Labute approximate surface area is 76.4 Å². The summed E-state index contributed by atoms with van der Waals surface area (Å²) in [6.45, 7) is 11.0. The van der Waals surface area contributed by atoms with Gasteiger partial charge in [-0.15, -0.1) is 0 Å². The van der Waals surface area contributed by atoms with Crippen molar-refractivity contribution in [2.24, 2.45) is 11.3 Å². The van der Waals surface area contributed by atoms with E-state index in [2.05, 4.69) is 39.5 Å². The van der Waals surface area contributed by atoms with Crippen LogP contribution in [0.4, 0.5) is 0 Å². The second kappa shape index (κ2) is 3.47. The van der Waals surface area contributed by atoms with Crippen molar-refractivity contribution in [3.8, 4) is 0 Å². The van der Waals surface area contributed by atoms with Gasteiger partial charge in [0.25, 0.3) is 0 Å². The van der Waals surface area contributed by atoms with Gasteiger partial charge in [-0.2, -0.15) is 0 Å². The molecule has 0 aromatic rings. The maximum absolute atomic E-state index is 3.97. The molecule has 0 bridgehead atoms. The van der Waals surface area contributed by atoms with E-state index in [1.165, 1.54) is 24.8 Å². The molecular formula is C12H20. The summed E-state index contributed by atoms with van der Waals surface area (Å²) >= 11 is 0. The summed E-state index contributed by atoms with van der Waals surface area (Å²) in [6, 6.07) is 0. The fraction of sp³-hybridized carbons (Fsp3) is 0.667. The Hall–Kier alpha value is -0.520. The molecule has 0 spiro atoms. The fourth-order valence-electron chi connectivity index (χ4n) is 1.69. The summed E-state index contributed by atoms with van der Waals surface area (Å²) in [5.41, 5.74) is 1.76. The molecule has 0 aliphatic heterocycles. The van der Waals surface area contributed by atoms with E-state index in [0.29, 0.717) is 5.41 Å². The van der Waals surface area contributed by atoms with E-state index in [1.54, 1.807) is 0 Å². The highest BCUT2D eigenvalue weighted by Gasteiger charge is 2.26. The summed E-state index contributed by atoms with van der Waals surface area (Å²) in [5.74, 6) is 0.757. The van der Waals surface area contributed by atoms with Gasteiger partial charge in [-0.05, 0) is 24.2 Å². The van der Waals surface area contributed by atoms with Crippen LogP contribution in [0.25, 0.3) is 0 Å². The molecule has 0 fully saturated rings. The third kappa shape index (κ3) is 2.00. The van der Waals surface area contributed by atoms with Gasteiger partial charge in [0.1, 0.15) is 0 Å². The fourth-order valence-corrected chi connectivity index (χ4v) is 1.69. The summed E-state index contributed by atoms with van der Waals surface area (Å²) < 4.78 is 0. The molecule has 0 heteroatoms. The molecule has 1 rings (SSSR count). The second-order valence-electron chi connectivity index (χ2n) is 4.50. The smallest absolute Gasteiger partial charge is 0.0176 e. The van der Waals surface area contributed by atoms with Crippen LogP contribution in [0, 0.1) is 11.3 Å². The monoisotopic (exact) mass is 164 g/mol. The first kappa shape index (κ1) is 9.57. The summed E-state index contributed by atoms with van der Waals surface area (Å²) in [5, 5.41) is 0. The lowest BCUT2D eigenvalue weighted by atomic mass is 9.72. The molecule has 0 N–H and O–H groups in total. The number of allylic oxidation sites excluding steroid dienone is 3. The molecule has 1 atom stereocenters. The first-order valence-corrected chi connectivity index (χ1v) is 4.92. The van der Waals surface area contributed by atoms with Crippen molar-refractivity contribution in [3.05, 3.63) is 24.3 Å². The van der Waals surface area contributed by atoms with E-state index in [1.807, 2.05) is 0 Å². The summed E-state index contributed by atoms with van der Waals surface area (Å²) in [7, 11) is 0. The molecule has 12 heavy (non-hydrogen) atoms. The summed E-state index contributed by atoms with van der Waals surface area (Å²) in [6.07, 6.45) is 8.27. The lowest BCUT2D eigenvalue weighted by Crippen LogP contribution is -2.23. The van der Waals surface area contributed by atoms with Gasteiger partial charge in [-0.3, -0.25) is 0 Å². The van der Waals surface area contributed by atoms with Crippen LogP contribution in [0.5, 0.6) is 0 Å². The molecular weight excluding hydrogens is 144 g/mol. The van der Waals surface area contributed by atoms with Gasteiger partial charge in [-0.25, -0.2) is 0 Å². The molecule has 0 aromatic heterocycles. The Morgan fingerprint density at radius 2 is 2.25 bits per heavy atom. The average Bonchev–Trinajstić information content (AvgIpc) is 2.05. The van der Waals surface area contributed by atoms with Gasteiger partial charge in [-0.1, -0.05) is 51.5 Å². The molecule has 0 radical (unpaired) electrons. The van der Waals surface area contributed by atoms with E-state index < -0.39 is 0 Å². The topological polar surface area (TPSA) is 0 Å². The highest BCUT2D eigenvalue weighted by atomic mass is 14.3. The third-order valence-electron chi connectivity index (χ3n) is 3.26. The maximum atomic E-state index is 3.97. The Morgan fingerprint density at radius 1 is 1.58 bits per heavy atom. The zero-order chi connectivity index (χ0) is 9.19. The van der Waals surface area contributed by atoms with Crippen LogP contribution in [0.3, 0.4) is 0 Å². The Morgan fingerprint density at radius 3 is 2.67 bits per heavy atom. The van der Waals surface area contributed by atoms with E-state index in [9.17, 15) is 0 Å². The zero-order valence-corrected chi connectivity index (χ0v) is 8.56. The minimum Gasteiger partial charge on any atom is -0.0958 e. The highest BCUT2D eigenvalue weighted by molar-refractivity contribution is 5.20. The maximum Gasteiger partial charge on any atom is -0.0176 e. The largest absolute Gasteiger partial charge is 0.0958 e. The van der Waals surface area contributed by atoms with Gasteiger partial charge >= 0.3 is 0 Å². The molecule has 0 saturated heterocycles. The molecule has 1 unspecified atom stereocenters. The normalized spacial score (nSPS) is 24.6. The standard InChI is InChI=1S/C12H20/c1-5-12(3,4)11-8-6-10(2)7-9-11/h6,8,11H,2,5,7,9H2,1,3-4H3. The number of rotatable bonds is 2. The number of hydrogen-bond donors (Lipinski definition) is 0. The van der Waals surface area contributed by atoms with Crippen molar-refractivity contribution < 1.29 is 0 Å². The first-order valence-electron chi connectivity index (χ1n) is 4.92. The molecule has 0 saturated carbocycles. The van der Waals surface area contributed by atoms with Crippen molar-refractivity contribution >= 4 is 0 Å². The molecule has 0 amide bonds. The van der Waals surface area contributed by atoms with Gasteiger partial charge < -0.3 is 0 Å². The molecule has 0 nitrogen and oxygen atoms in total. The molecule has 0 aromatic carbocycles. The van der Waals surface area contributed by atoms with Gasteiger partial charge in [0.15, 0.2) is 0 Å². The lowest BCUT2D eigenvalue weighted by Gasteiger charge is -2.33. The van der Waals surface area contributed by atoms with Gasteiger partial charge in [0.05, 0.1) is 0 Å². The predicted molar refractivity (Wildman–Crippen MR) is 55.1 cm³/mol. The van der Waals surface area contributed by atoms with Crippen LogP contribution in [0.15, 0.2) is 24.3 Å². The average molecular weight is 164 g/mol. The van der Waals surface area contributed by atoms with Crippen molar-refractivity contribution in [3.63, 3.8) is 0 Å². The zero-order valence-electron chi connectivity index (χ0n) is 8.56. The van der Waals surface area contributed by atoms with Crippen LogP contribution in [-0.4, -0.2) is 0 Å². The van der Waals surface area contributed by atoms with E-state index in [0.717, 1.165) is 5.92 Å². The molecule has 68 valence electrons. The van der Waals surface area contributed by atoms with Crippen molar-refractivity contribution in [2.75, 3.05) is 0 Å². The molecule has 0 heterocycles. The lowest BCUT2D eigenvalue weighted by molar-refractivity contribution is 0.234. The SMILES string of the molecule is C=C1C=CC(C(C)(C)CC)CC1. The Bertz CT molecular complexity index is 196. The minimum atomic E-state index is 0.469. The summed E-state index contributed by atoms with van der Waals surface area (Å²) in [4.78, 5) is 0. The van der Waals surface area contributed by atoms with E-state index in [-0.39, 0.29) is 0 Å². The van der Waals surface area contributed by atoms with Crippen LogP contribution < -0.4 is 0 Å². The van der Waals surface area contributed by atoms with E-state index >= 15 is 0 Å². The third-order valence-corrected chi connectivity index (χ3v) is 3.26. The van der Waals surface area contributed by atoms with E-state index in [4.69, 9.17) is 0 Å². The molecule has 1 aliphatic rings. The van der Waals surface area contributed by atoms with Crippen molar-refractivity contribution in [2.45, 2.75) is 40.0 Å². The number of hydrogen-bond acceptors (Lipinski definition) is 0. The van der Waals surface area contributed by atoms with Crippen LogP contribution >= 0.6 is 0 Å². The highest BCUT2D eigenvalue weighted by Crippen LogP contribution is 2.37. The van der Waals surface area contributed by atoms with Crippen LogP contribution in [0.2, 0.25) is 0 Å². The van der Waals surface area contributed by atoms with Crippen LogP contribution in [0.1, 0.15) is 40.0 Å². The van der Waals surface area contributed by atoms with Gasteiger partial charge in [0.2, 0.25) is 0 Å². The van der Waals surface area contributed by atoms with Gasteiger partial charge in [0, 0.05) is 0 Å². The van der Waals surface area contributed by atoms with Crippen molar-refractivity contribution in [1.82, 2.24) is 0 Å². The van der Waals surface area contributed by atoms with Crippen LogP contribution in [-0.2, 0) is 0 Å². The van der Waals surface area contributed by atoms with Crippen molar-refractivity contribution in [1.29, 1.82) is 0 Å². The Balaban J connectivity index is 2.66. The second-order valence-corrected chi connectivity index (χ2v) is 4.50. The predicted octanol–water partition coefficient (Wildman–Crippen LogP) is 3.95.